The number of aliphatic hydroxyl groups excluding tert-OH is 1. The molecule has 0 aliphatic rings. The van der Waals surface area contributed by atoms with E-state index >= 15 is 0 Å². The summed E-state index contributed by atoms with van der Waals surface area (Å²) >= 11 is 0. The van der Waals surface area contributed by atoms with Gasteiger partial charge in [-0.2, -0.15) is 0 Å². The Morgan fingerprint density at radius 2 is 1.89 bits per heavy atom. The molecule has 2 atom stereocenters. The van der Waals surface area contributed by atoms with Crippen LogP contribution < -0.4 is 9.47 Å². The van der Waals surface area contributed by atoms with Crippen molar-refractivity contribution in [3.8, 4) is 11.5 Å². The molecule has 0 saturated carbocycles. The minimum atomic E-state index is -1.05. The van der Waals surface area contributed by atoms with Gasteiger partial charge in [-0.05, 0) is 17.7 Å². The number of methoxy groups -OCH3 is 3. The van der Waals surface area contributed by atoms with Crippen LogP contribution in [0.15, 0.2) is 30.9 Å². The number of ether oxygens (including phenoxy) is 3. The SMILES string of the molecule is C=C[C@@H](C(=O)OC)[C@H](O)c1ccc(OC)c(OC)c1. The summed E-state index contributed by atoms with van der Waals surface area (Å²) in [5.74, 6) is -0.348. The average molecular weight is 266 g/mol. The van der Waals surface area contributed by atoms with Crippen LogP contribution in [0.3, 0.4) is 0 Å². The van der Waals surface area contributed by atoms with Gasteiger partial charge in [-0.3, -0.25) is 4.79 Å². The molecule has 1 aromatic rings. The van der Waals surface area contributed by atoms with Crippen molar-refractivity contribution in [3.05, 3.63) is 36.4 Å². The fourth-order valence-corrected chi connectivity index (χ4v) is 1.73. The molecule has 1 aromatic carbocycles. The van der Waals surface area contributed by atoms with Gasteiger partial charge >= 0.3 is 5.97 Å². The molecule has 0 fully saturated rings. The van der Waals surface area contributed by atoms with Crippen molar-refractivity contribution in [2.75, 3.05) is 21.3 Å². The molecule has 104 valence electrons. The summed E-state index contributed by atoms with van der Waals surface area (Å²) in [6.07, 6.45) is 0.303. The monoisotopic (exact) mass is 266 g/mol. The lowest BCUT2D eigenvalue weighted by molar-refractivity contribution is -0.147. The van der Waals surface area contributed by atoms with Crippen LogP contribution in [0.1, 0.15) is 11.7 Å². The van der Waals surface area contributed by atoms with Crippen molar-refractivity contribution in [1.82, 2.24) is 0 Å². The van der Waals surface area contributed by atoms with Crippen molar-refractivity contribution in [2.45, 2.75) is 6.10 Å². The van der Waals surface area contributed by atoms with Crippen molar-refractivity contribution < 1.29 is 24.1 Å². The van der Waals surface area contributed by atoms with E-state index in [9.17, 15) is 9.90 Å². The van der Waals surface area contributed by atoms with E-state index in [1.807, 2.05) is 0 Å². The Labute approximate surface area is 112 Å². The number of aliphatic hydroxyl groups is 1. The van der Waals surface area contributed by atoms with Gasteiger partial charge in [-0.15, -0.1) is 6.58 Å². The number of carbonyl (C=O) groups is 1. The quantitative estimate of drug-likeness (QED) is 0.627. The Kier molecular flexibility index (Phi) is 5.38. The Morgan fingerprint density at radius 1 is 1.26 bits per heavy atom. The average Bonchev–Trinajstić information content (AvgIpc) is 2.46. The van der Waals surface area contributed by atoms with Gasteiger partial charge in [0.1, 0.15) is 5.92 Å². The molecule has 5 heteroatoms. The molecule has 0 amide bonds. The molecule has 1 rings (SSSR count). The maximum atomic E-state index is 11.5. The van der Waals surface area contributed by atoms with Crippen molar-refractivity contribution in [2.24, 2.45) is 5.92 Å². The number of hydrogen-bond donors (Lipinski definition) is 1. The molecule has 0 aliphatic carbocycles. The number of carbonyl (C=O) groups excluding carboxylic acids is 1. The van der Waals surface area contributed by atoms with E-state index in [0.717, 1.165) is 0 Å². The van der Waals surface area contributed by atoms with E-state index in [0.29, 0.717) is 17.1 Å². The van der Waals surface area contributed by atoms with Crippen LogP contribution in [0.25, 0.3) is 0 Å². The van der Waals surface area contributed by atoms with Gasteiger partial charge in [0.15, 0.2) is 11.5 Å². The van der Waals surface area contributed by atoms with Gasteiger partial charge in [-0.1, -0.05) is 12.1 Å². The zero-order valence-electron chi connectivity index (χ0n) is 11.3. The fourth-order valence-electron chi connectivity index (χ4n) is 1.73. The smallest absolute Gasteiger partial charge is 0.315 e. The number of hydrogen-bond acceptors (Lipinski definition) is 5. The molecule has 1 N–H and O–H groups in total. The predicted octanol–water partition coefficient (Wildman–Crippen LogP) is 1.71. The first-order valence-electron chi connectivity index (χ1n) is 5.69. The molecule has 0 spiro atoms. The topological polar surface area (TPSA) is 65.0 Å². The van der Waals surface area contributed by atoms with Gasteiger partial charge in [0.25, 0.3) is 0 Å². The molecular weight excluding hydrogens is 248 g/mol. The third kappa shape index (κ3) is 3.26. The van der Waals surface area contributed by atoms with E-state index in [2.05, 4.69) is 11.3 Å². The van der Waals surface area contributed by atoms with Crippen LogP contribution in [0.5, 0.6) is 11.5 Å². The lowest BCUT2D eigenvalue weighted by atomic mass is 9.95. The van der Waals surface area contributed by atoms with Crippen molar-refractivity contribution >= 4 is 5.97 Å². The molecular formula is C14H18O5. The van der Waals surface area contributed by atoms with Gasteiger partial charge in [0.05, 0.1) is 27.4 Å². The molecule has 0 aromatic heterocycles. The fraction of sp³-hybridized carbons (Fsp3) is 0.357. The number of esters is 1. The molecule has 0 aliphatic heterocycles. The first-order valence-corrected chi connectivity index (χ1v) is 5.69. The highest BCUT2D eigenvalue weighted by Crippen LogP contribution is 2.32. The summed E-state index contributed by atoms with van der Waals surface area (Å²) < 4.78 is 14.9. The Balaban J connectivity index is 3.08. The summed E-state index contributed by atoms with van der Waals surface area (Å²) in [4.78, 5) is 11.5. The predicted molar refractivity (Wildman–Crippen MR) is 70.2 cm³/mol. The second-order valence-corrected chi connectivity index (χ2v) is 3.84. The zero-order chi connectivity index (χ0) is 14.4. The third-order valence-corrected chi connectivity index (χ3v) is 2.82. The highest BCUT2D eigenvalue weighted by molar-refractivity contribution is 5.75. The largest absolute Gasteiger partial charge is 0.493 e. The van der Waals surface area contributed by atoms with Gasteiger partial charge in [0, 0.05) is 0 Å². The van der Waals surface area contributed by atoms with Crippen LogP contribution in [0.2, 0.25) is 0 Å². The number of benzene rings is 1. The normalized spacial score (nSPS) is 13.3. The van der Waals surface area contributed by atoms with E-state index in [4.69, 9.17) is 9.47 Å². The number of rotatable bonds is 6. The van der Waals surface area contributed by atoms with Gasteiger partial charge < -0.3 is 19.3 Å². The second-order valence-electron chi connectivity index (χ2n) is 3.84. The van der Waals surface area contributed by atoms with Crippen LogP contribution in [0.4, 0.5) is 0 Å². The highest BCUT2D eigenvalue weighted by atomic mass is 16.5. The summed E-state index contributed by atoms with van der Waals surface area (Å²) in [6, 6.07) is 4.93. The second kappa shape index (κ2) is 6.80. The molecule has 0 heterocycles. The van der Waals surface area contributed by atoms with Crippen LogP contribution >= 0.6 is 0 Å². The first-order chi connectivity index (χ1) is 9.08. The summed E-state index contributed by atoms with van der Waals surface area (Å²) in [6.45, 7) is 3.54. The van der Waals surface area contributed by atoms with E-state index in [-0.39, 0.29) is 0 Å². The maximum Gasteiger partial charge on any atom is 0.315 e. The Morgan fingerprint density at radius 3 is 2.37 bits per heavy atom. The lowest BCUT2D eigenvalue weighted by Gasteiger charge is -2.19. The summed E-state index contributed by atoms with van der Waals surface area (Å²) in [7, 11) is 4.29. The third-order valence-electron chi connectivity index (χ3n) is 2.82. The van der Waals surface area contributed by atoms with Crippen LogP contribution in [-0.2, 0) is 9.53 Å². The lowest BCUT2D eigenvalue weighted by Crippen LogP contribution is -2.21. The maximum absolute atomic E-state index is 11.5. The van der Waals surface area contributed by atoms with E-state index in [1.54, 1.807) is 18.2 Å². The Hall–Kier alpha value is -2.01. The van der Waals surface area contributed by atoms with Gasteiger partial charge in [0.2, 0.25) is 0 Å². The Bertz CT molecular complexity index is 455. The summed E-state index contributed by atoms with van der Waals surface area (Å²) in [5, 5.41) is 10.2. The molecule has 0 radical (unpaired) electrons. The van der Waals surface area contributed by atoms with Crippen LogP contribution in [-0.4, -0.2) is 32.4 Å². The molecule has 0 unspecified atom stereocenters. The van der Waals surface area contributed by atoms with E-state index < -0.39 is 18.0 Å². The molecule has 19 heavy (non-hydrogen) atoms. The summed E-state index contributed by atoms with van der Waals surface area (Å²) in [5.41, 5.74) is 0.521. The van der Waals surface area contributed by atoms with E-state index in [1.165, 1.54) is 27.4 Å². The van der Waals surface area contributed by atoms with Crippen LogP contribution in [0, 0.1) is 5.92 Å². The zero-order valence-corrected chi connectivity index (χ0v) is 11.3. The molecule has 0 bridgehead atoms. The first kappa shape index (κ1) is 15.0. The van der Waals surface area contributed by atoms with Crippen molar-refractivity contribution in [1.29, 1.82) is 0 Å². The standard InChI is InChI=1S/C14H18O5/c1-5-10(14(16)19-4)13(15)9-6-7-11(17-2)12(8-9)18-3/h5-8,10,13,15H,1H2,2-4H3/t10-,13-/m1/s1. The highest BCUT2D eigenvalue weighted by Gasteiger charge is 2.26. The minimum Gasteiger partial charge on any atom is -0.493 e. The van der Waals surface area contributed by atoms with Crippen molar-refractivity contribution in [3.63, 3.8) is 0 Å². The molecule has 5 nitrogen and oxygen atoms in total. The minimum absolute atomic E-state index is 0.478. The van der Waals surface area contributed by atoms with Gasteiger partial charge in [-0.25, -0.2) is 0 Å². The molecule has 0 saturated heterocycles.